The van der Waals surface area contributed by atoms with E-state index >= 15 is 0 Å². The fraction of sp³-hybridized carbons (Fsp3) is 0.368. The Morgan fingerprint density at radius 1 is 1.02 bits per heavy atom. The molecule has 1 aromatic rings. The number of rotatable bonds is 7. The molecule has 3 nitrogen and oxygen atoms in total. The van der Waals surface area contributed by atoms with Crippen LogP contribution in [-0.4, -0.2) is 47.8 Å². The van der Waals surface area contributed by atoms with Crippen LogP contribution in [-0.2, 0) is 17.6 Å². The predicted octanol–water partition coefficient (Wildman–Crippen LogP) is 7.24. The summed E-state index contributed by atoms with van der Waals surface area (Å²) in [5, 5.41) is 0. The molecular weight excluding hydrogens is 500 g/mol. The van der Waals surface area contributed by atoms with Crippen LogP contribution in [0, 0.1) is 11.8 Å². The van der Waals surface area contributed by atoms with Crippen molar-refractivity contribution in [2.24, 2.45) is 11.8 Å². The zero-order valence-electron chi connectivity index (χ0n) is 24.2. The van der Waals surface area contributed by atoms with Gasteiger partial charge in [0.2, 0.25) is 0 Å². The van der Waals surface area contributed by atoms with Crippen molar-refractivity contribution < 1.29 is 4.79 Å². The molecule has 0 amide bonds. The van der Waals surface area contributed by atoms with E-state index in [0.717, 1.165) is 63.0 Å². The van der Waals surface area contributed by atoms with Crippen LogP contribution in [0.4, 0.5) is 0 Å². The molecule has 41 heavy (non-hydrogen) atoms. The molecule has 5 aliphatic rings. The maximum atomic E-state index is 14.1. The number of benzene rings is 1. The molecule has 6 rings (SSSR count). The van der Waals surface area contributed by atoms with E-state index in [1.807, 2.05) is 24.3 Å². The summed E-state index contributed by atoms with van der Waals surface area (Å²) < 4.78 is 0. The minimum atomic E-state index is -0.0687. The summed E-state index contributed by atoms with van der Waals surface area (Å²) >= 11 is 0. The summed E-state index contributed by atoms with van der Waals surface area (Å²) in [7, 11) is 0. The number of fused-ring (bicyclic) bond motifs is 1. The Balaban J connectivity index is 1.14. The molecule has 0 N–H and O–H groups in total. The molecule has 1 aliphatic heterocycles. The number of nitrogens with zero attached hydrogens (tertiary/aromatic N) is 2. The van der Waals surface area contributed by atoms with E-state index in [-0.39, 0.29) is 17.7 Å². The molecule has 3 heteroatoms. The maximum Gasteiger partial charge on any atom is 0.166 e. The fourth-order valence-corrected chi connectivity index (χ4v) is 7.08. The average molecular weight is 543 g/mol. The SMILES string of the molecule is C=C1C=C(CC(C(=O)C2=C/C=C=CC\C=C\2)C2Cc3ccccc3C2)C=CC1N1CCN(C2=CC=CCCC2)CC1. The van der Waals surface area contributed by atoms with Crippen LogP contribution in [0.2, 0.25) is 0 Å². The highest BCUT2D eigenvalue weighted by Crippen LogP contribution is 2.38. The molecule has 1 saturated heterocycles. The number of Topliss-reactive ketones (excluding diaryl/α,β-unsaturated/α-hetero) is 1. The molecule has 0 bridgehead atoms. The Morgan fingerprint density at radius 2 is 1.83 bits per heavy atom. The van der Waals surface area contributed by atoms with Gasteiger partial charge in [0, 0.05) is 43.4 Å². The van der Waals surface area contributed by atoms with Gasteiger partial charge in [-0.2, -0.15) is 0 Å². The Morgan fingerprint density at radius 3 is 2.61 bits per heavy atom. The molecule has 1 heterocycles. The van der Waals surface area contributed by atoms with Crippen LogP contribution >= 0.6 is 0 Å². The highest BCUT2D eigenvalue weighted by molar-refractivity contribution is 6.00. The van der Waals surface area contributed by atoms with Gasteiger partial charge in [0.15, 0.2) is 5.78 Å². The lowest BCUT2D eigenvalue weighted by Gasteiger charge is -2.41. The van der Waals surface area contributed by atoms with Gasteiger partial charge in [-0.05, 0) is 97.4 Å². The number of hydrogen-bond acceptors (Lipinski definition) is 3. The number of hydrogen-bond donors (Lipinski definition) is 0. The van der Waals surface area contributed by atoms with Crippen LogP contribution in [0.15, 0.2) is 126 Å². The summed E-state index contributed by atoms with van der Waals surface area (Å²) in [5.74, 6) is 0.487. The largest absolute Gasteiger partial charge is 0.372 e. The van der Waals surface area contributed by atoms with Gasteiger partial charge >= 0.3 is 0 Å². The average Bonchev–Trinajstić information content (AvgIpc) is 3.21. The van der Waals surface area contributed by atoms with Gasteiger partial charge in [-0.1, -0.05) is 73.4 Å². The number of piperazine rings is 1. The number of allylic oxidation sites excluding steroid dienone is 11. The zero-order valence-corrected chi connectivity index (χ0v) is 24.2. The highest BCUT2D eigenvalue weighted by Gasteiger charge is 2.35. The minimum absolute atomic E-state index is 0.0687. The maximum absolute atomic E-state index is 14.1. The Hall–Kier alpha value is -3.65. The van der Waals surface area contributed by atoms with Crippen LogP contribution in [0.25, 0.3) is 0 Å². The van der Waals surface area contributed by atoms with Crippen molar-refractivity contribution in [2.75, 3.05) is 26.2 Å². The fourth-order valence-electron chi connectivity index (χ4n) is 7.08. The second-order valence-corrected chi connectivity index (χ2v) is 12.0. The molecule has 1 aromatic carbocycles. The van der Waals surface area contributed by atoms with Crippen molar-refractivity contribution in [3.8, 4) is 0 Å². The molecule has 2 atom stereocenters. The van der Waals surface area contributed by atoms with Gasteiger partial charge in [0.05, 0.1) is 6.04 Å². The molecule has 0 aromatic heterocycles. The van der Waals surface area contributed by atoms with Gasteiger partial charge < -0.3 is 4.90 Å². The molecule has 0 radical (unpaired) electrons. The third-order valence-corrected chi connectivity index (χ3v) is 9.34. The van der Waals surface area contributed by atoms with E-state index in [1.54, 1.807) is 0 Å². The van der Waals surface area contributed by atoms with Crippen molar-refractivity contribution in [3.05, 3.63) is 137 Å². The third kappa shape index (κ3) is 6.48. The van der Waals surface area contributed by atoms with Crippen LogP contribution in [0.5, 0.6) is 0 Å². The van der Waals surface area contributed by atoms with E-state index in [0.29, 0.717) is 5.92 Å². The molecule has 4 aliphatic carbocycles. The topological polar surface area (TPSA) is 23.6 Å². The number of ketones is 1. The third-order valence-electron chi connectivity index (χ3n) is 9.34. The quantitative estimate of drug-likeness (QED) is 0.340. The lowest BCUT2D eigenvalue weighted by Crippen LogP contribution is -2.50. The first-order valence-corrected chi connectivity index (χ1v) is 15.5. The standard InChI is InChI=1S/C38H42N2O/c1-29-25-30(19-20-37(29)40-23-21-39(22-24-40)35-17-9-5-6-10-18-35)26-36(34-27-32-15-11-12-16-33(32)28-34)38(41)31-13-7-3-2-4-8-14-31/h2,5,7-9,11-17,19-20,25,34,36-37H,1,3,6,10,18,21-24,26-28H2/b13-7+,31-14+. The van der Waals surface area contributed by atoms with Gasteiger partial charge in [-0.25, -0.2) is 0 Å². The first-order valence-electron chi connectivity index (χ1n) is 15.5. The summed E-state index contributed by atoms with van der Waals surface area (Å²) in [6.07, 6.45) is 30.7. The van der Waals surface area contributed by atoms with E-state index in [4.69, 9.17) is 0 Å². The van der Waals surface area contributed by atoms with Gasteiger partial charge in [-0.3, -0.25) is 9.69 Å². The molecule has 210 valence electrons. The van der Waals surface area contributed by atoms with Crippen molar-refractivity contribution in [1.29, 1.82) is 0 Å². The Labute approximate surface area is 246 Å². The van der Waals surface area contributed by atoms with E-state index in [9.17, 15) is 4.79 Å². The van der Waals surface area contributed by atoms with Crippen molar-refractivity contribution >= 4 is 5.78 Å². The van der Waals surface area contributed by atoms with E-state index < -0.39 is 0 Å². The van der Waals surface area contributed by atoms with Crippen molar-refractivity contribution in [1.82, 2.24) is 9.80 Å². The van der Waals surface area contributed by atoms with Gasteiger partial charge in [-0.15, -0.1) is 5.73 Å². The van der Waals surface area contributed by atoms with Crippen LogP contribution < -0.4 is 0 Å². The summed E-state index contributed by atoms with van der Waals surface area (Å²) in [5.41, 5.74) is 10.6. The Bertz CT molecular complexity index is 1390. The van der Waals surface area contributed by atoms with E-state index in [1.165, 1.54) is 41.7 Å². The predicted molar refractivity (Wildman–Crippen MR) is 169 cm³/mol. The van der Waals surface area contributed by atoms with Crippen molar-refractivity contribution in [2.45, 2.75) is 51.0 Å². The molecule has 0 saturated carbocycles. The van der Waals surface area contributed by atoms with Crippen molar-refractivity contribution in [3.63, 3.8) is 0 Å². The second-order valence-electron chi connectivity index (χ2n) is 12.0. The van der Waals surface area contributed by atoms with Gasteiger partial charge in [0.25, 0.3) is 0 Å². The molecular formula is C38H42N2O. The lowest BCUT2D eigenvalue weighted by atomic mass is 9.78. The number of carbonyl (C=O) groups excluding carboxylic acids is 1. The molecule has 0 spiro atoms. The summed E-state index contributed by atoms with van der Waals surface area (Å²) in [4.78, 5) is 19.2. The zero-order chi connectivity index (χ0) is 28.0. The molecule has 2 unspecified atom stereocenters. The first kappa shape index (κ1) is 27.5. The lowest BCUT2D eigenvalue weighted by molar-refractivity contribution is -0.120. The Kier molecular flexibility index (Phi) is 8.65. The van der Waals surface area contributed by atoms with E-state index in [2.05, 4.69) is 88.9 Å². The number of carbonyl (C=O) groups is 1. The monoisotopic (exact) mass is 542 g/mol. The van der Waals surface area contributed by atoms with Crippen LogP contribution in [0.1, 0.15) is 43.2 Å². The second kappa shape index (κ2) is 12.9. The first-order chi connectivity index (χ1) is 20.2. The smallest absolute Gasteiger partial charge is 0.166 e. The highest BCUT2D eigenvalue weighted by atomic mass is 16.1. The summed E-state index contributed by atoms with van der Waals surface area (Å²) in [6, 6.07) is 8.94. The van der Waals surface area contributed by atoms with Gasteiger partial charge in [0.1, 0.15) is 0 Å². The molecule has 1 fully saturated rings. The minimum Gasteiger partial charge on any atom is -0.372 e. The summed E-state index contributed by atoms with van der Waals surface area (Å²) in [6.45, 7) is 8.73. The normalized spacial score (nSPS) is 25.9. The van der Waals surface area contributed by atoms with Crippen LogP contribution in [0.3, 0.4) is 0 Å².